The van der Waals surface area contributed by atoms with Crippen molar-refractivity contribution in [3.05, 3.63) is 59.7 Å². The van der Waals surface area contributed by atoms with Crippen molar-refractivity contribution in [2.75, 3.05) is 26.3 Å². The van der Waals surface area contributed by atoms with E-state index in [4.69, 9.17) is 11.5 Å². The van der Waals surface area contributed by atoms with Gasteiger partial charge in [0, 0.05) is 25.8 Å². The zero-order valence-corrected chi connectivity index (χ0v) is 40.1. The summed E-state index contributed by atoms with van der Waals surface area (Å²) in [5, 5.41) is 75.2. The predicted molar refractivity (Wildman–Crippen MR) is 253 cm³/mol. The summed E-state index contributed by atoms with van der Waals surface area (Å²) in [5.41, 5.74) is 11.7. The first-order chi connectivity index (χ1) is 34.5. The van der Waals surface area contributed by atoms with Crippen LogP contribution in [0.5, 0.6) is 11.5 Å². The van der Waals surface area contributed by atoms with Gasteiger partial charge in [-0.1, -0.05) is 44.5 Å². The summed E-state index contributed by atoms with van der Waals surface area (Å²) in [7, 11) is 0. The van der Waals surface area contributed by atoms with Gasteiger partial charge in [-0.2, -0.15) is 0 Å². The number of aliphatic hydroxyl groups excluding tert-OH is 2. The number of nitrogens with two attached hydrogens (primary N) is 2. The van der Waals surface area contributed by atoms with Crippen molar-refractivity contribution in [3.8, 4) is 11.5 Å². The van der Waals surface area contributed by atoms with E-state index >= 15 is 0 Å². The van der Waals surface area contributed by atoms with E-state index in [2.05, 4.69) is 37.2 Å². The van der Waals surface area contributed by atoms with E-state index < -0.39 is 146 Å². The minimum absolute atomic E-state index is 0.0697. The first kappa shape index (κ1) is 59.4. The predicted octanol–water partition coefficient (Wildman–Crippen LogP) is -4.92. The Morgan fingerprint density at radius 1 is 0.658 bits per heavy atom. The molecule has 0 spiro atoms. The molecule has 1 saturated heterocycles. The van der Waals surface area contributed by atoms with Crippen LogP contribution in [0.3, 0.4) is 0 Å². The second-order valence-electron chi connectivity index (χ2n) is 17.3. The maximum absolute atomic E-state index is 13.9. The number of nitrogens with one attached hydrogen (secondary N) is 7. The number of primary amides is 1. The number of carboxylic acid groups (broad SMARTS) is 2. The number of phenols is 2. The Labute approximate surface area is 418 Å². The van der Waals surface area contributed by atoms with Crippen molar-refractivity contribution < 1.29 is 83.4 Å². The molecule has 0 bridgehead atoms. The van der Waals surface area contributed by atoms with Gasteiger partial charge < -0.3 is 84.2 Å². The summed E-state index contributed by atoms with van der Waals surface area (Å²) in [6, 6.07) is -1.43. The molecule has 0 saturated carbocycles. The van der Waals surface area contributed by atoms with Gasteiger partial charge in [-0.05, 0) is 60.6 Å². The second kappa shape index (κ2) is 28.8. The van der Waals surface area contributed by atoms with Gasteiger partial charge in [-0.25, -0.2) is 4.79 Å². The summed E-state index contributed by atoms with van der Waals surface area (Å²) in [6.07, 6.45) is -1.25. The van der Waals surface area contributed by atoms with Gasteiger partial charge in [0.2, 0.25) is 53.2 Å². The quantitative estimate of drug-likeness (QED) is 0.0363. The Bertz CT molecular complexity index is 2300. The van der Waals surface area contributed by atoms with Crippen molar-refractivity contribution in [3.63, 3.8) is 0 Å². The molecule has 1 fully saturated rings. The molecule has 2 aromatic rings. The van der Waals surface area contributed by atoms with Gasteiger partial charge in [0.1, 0.15) is 53.8 Å². The summed E-state index contributed by atoms with van der Waals surface area (Å²) in [4.78, 5) is 144. The number of aliphatic hydroxyl groups is 2. The van der Waals surface area contributed by atoms with Gasteiger partial charge in [-0.3, -0.25) is 47.9 Å². The highest BCUT2D eigenvalue weighted by molar-refractivity contribution is 5.98. The standard InChI is InChI=1S/C46H64N10O17/c1-3-23(2)38(44(70)54-32(21-57)40(66)49-20-36(62)50-31(18-25-8-12-27(60)13-9-25)45(71)56-16-4-5-34(56)46(72)73)55-42(68)30(19-37(63)64)52-41(67)29(17-24-6-10-26(59)11-7-24)51-43(69)33(22-58)53-39(65)28(47)14-15-35(48)61/h6-13,23,28-34,38,57-60H,3-5,14-22,47H2,1-2H3,(H2,48,61)(H,49,66)(H,50,62)(H,51,69)(H,52,67)(H,53,65)(H,54,70)(H,55,68)(H,63,64)(H,72,73)/t23-,28-,29-,30-,31-,32-,33-,34-,38-/m0/s1. The summed E-state index contributed by atoms with van der Waals surface area (Å²) < 4.78 is 0. The van der Waals surface area contributed by atoms with Gasteiger partial charge in [0.05, 0.1) is 32.2 Å². The minimum atomic E-state index is -1.94. The number of hydrogen-bond acceptors (Lipinski definition) is 16. The van der Waals surface area contributed by atoms with Crippen LogP contribution in [0.2, 0.25) is 0 Å². The summed E-state index contributed by atoms with van der Waals surface area (Å²) >= 11 is 0. The third kappa shape index (κ3) is 19.0. The number of carboxylic acids is 2. The van der Waals surface area contributed by atoms with Crippen LogP contribution in [0.25, 0.3) is 0 Å². The Kier molecular flexibility index (Phi) is 23.4. The number of carbonyl (C=O) groups excluding carboxylic acids is 9. The van der Waals surface area contributed by atoms with Crippen LogP contribution in [0.15, 0.2) is 48.5 Å². The first-order valence-electron chi connectivity index (χ1n) is 23.1. The lowest BCUT2D eigenvalue weighted by Gasteiger charge is -2.29. The number of benzene rings is 2. The van der Waals surface area contributed by atoms with E-state index in [-0.39, 0.29) is 56.6 Å². The Morgan fingerprint density at radius 3 is 1.67 bits per heavy atom. The van der Waals surface area contributed by atoms with Crippen molar-refractivity contribution in [2.45, 2.75) is 114 Å². The van der Waals surface area contributed by atoms with E-state index in [1.807, 2.05) is 0 Å². The average Bonchev–Trinajstić information content (AvgIpc) is 3.85. The molecular formula is C46H64N10O17. The monoisotopic (exact) mass is 1030 g/mol. The van der Waals surface area contributed by atoms with Gasteiger partial charge in [0.25, 0.3) is 0 Å². The molecule has 400 valence electrons. The third-order valence-electron chi connectivity index (χ3n) is 11.7. The van der Waals surface area contributed by atoms with Crippen molar-refractivity contribution in [1.29, 1.82) is 0 Å². The van der Waals surface area contributed by atoms with Crippen molar-refractivity contribution in [1.82, 2.24) is 42.1 Å². The highest BCUT2D eigenvalue weighted by atomic mass is 16.4. The molecule has 17 N–H and O–H groups in total. The van der Waals surface area contributed by atoms with Gasteiger partial charge in [0.15, 0.2) is 0 Å². The van der Waals surface area contributed by atoms with E-state index in [0.29, 0.717) is 17.5 Å². The molecule has 2 aromatic carbocycles. The number of amides is 9. The zero-order valence-electron chi connectivity index (χ0n) is 40.1. The number of carbonyl (C=O) groups is 11. The first-order valence-corrected chi connectivity index (χ1v) is 23.1. The number of phenolic OH excluding ortho intramolecular Hbond substituents is 2. The topological polar surface area (TPSA) is 449 Å². The van der Waals surface area contributed by atoms with Crippen LogP contribution in [0.1, 0.15) is 63.5 Å². The minimum Gasteiger partial charge on any atom is -0.508 e. The molecule has 73 heavy (non-hydrogen) atoms. The summed E-state index contributed by atoms with van der Waals surface area (Å²) in [6.45, 7) is 0.397. The van der Waals surface area contributed by atoms with Crippen LogP contribution in [-0.4, -0.2) is 175 Å². The summed E-state index contributed by atoms with van der Waals surface area (Å²) in [5.74, 6) is -12.8. The molecule has 0 radical (unpaired) electrons. The largest absolute Gasteiger partial charge is 0.508 e. The Hall–Kier alpha value is -7.91. The van der Waals surface area contributed by atoms with Crippen LogP contribution < -0.4 is 48.7 Å². The normalized spacial score (nSPS) is 16.3. The number of hydrogen-bond donors (Lipinski definition) is 15. The number of aromatic hydroxyl groups is 2. The SMILES string of the molecule is CC[C@H](C)[C@H](NC(=O)[C@H](CC(=O)O)NC(=O)[C@H](Cc1ccc(O)cc1)NC(=O)[C@H](CO)NC(=O)[C@@H](N)CCC(N)=O)C(=O)N[C@@H](CO)C(=O)NCC(=O)N[C@@H](Cc1ccc(O)cc1)C(=O)N1CCC[C@H]1C(=O)O. The molecule has 3 rings (SSSR count). The Balaban J connectivity index is 1.76. The Morgan fingerprint density at radius 2 is 1.15 bits per heavy atom. The zero-order chi connectivity index (χ0) is 54.5. The molecule has 0 aliphatic carbocycles. The van der Waals surface area contributed by atoms with Crippen LogP contribution >= 0.6 is 0 Å². The molecule has 1 aliphatic rings. The fourth-order valence-electron chi connectivity index (χ4n) is 7.41. The fraction of sp³-hybridized carbons (Fsp3) is 0.500. The molecule has 9 atom stereocenters. The fourth-order valence-corrected chi connectivity index (χ4v) is 7.41. The van der Waals surface area contributed by atoms with E-state index in [0.717, 1.165) is 4.90 Å². The molecule has 27 nitrogen and oxygen atoms in total. The maximum Gasteiger partial charge on any atom is 0.326 e. The lowest BCUT2D eigenvalue weighted by atomic mass is 9.97. The number of aliphatic carboxylic acids is 2. The molecular weight excluding hydrogens is 965 g/mol. The average molecular weight is 1030 g/mol. The van der Waals surface area contributed by atoms with Crippen molar-refractivity contribution >= 4 is 65.1 Å². The molecule has 0 aromatic heterocycles. The highest BCUT2D eigenvalue weighted by Gasteiger charge is 2.39. The van der Waals surface area contributed by atoms with Gasteiger partial charge in [-0.15, -0.1) is 0 Å². The molecule has 0 unspecified atom stereocenters. The third-order valence-corrected chi connectivity index (χ3v) is 11.7. The lowest BCUT2D eigenvalue weighted by molar-refractivity contribution is -0.149. The van der Waals surface area contributed by atoms with E-state index in [1.54, 1.807) is 6.92 Å². The van der Waals surface area contributed by atoms with E-state index in [1.165, 1.54) is 55.5 Å². The van der Waals surface area contributed by atoms with Crippen LogP contribution in [0, 0.1) is 5.92 Å². The van der Waals surface area contributed by atoms with Gasteiger partial charge >= 0.3 is 11.9 Å². The number of rotatable bonds is 29. The number of nitrogens with zero attached hydrogens (tertiary/aromatic N) is 1. The highest BCUT2D eigenvalue weighted by Crippen LogP contribution is 2.21. The lowest BCUT2D eigenvalue weighted by Crippen LogP contribution is -2.61. The maximum atomic E-state index is 13.9. The van der Waals surface area contributed by atoms with Crippen LogP contribution in [-0.2, 0) is 65.6 Å². The molecule has 1 aliphatic heterocycles. The van der Waals surface area contributed by atoms with Crippen molar-refractivity contribution in [2.24, 2.45) is 17.4 Å². The second-order valence-corrected chi connectivity index (χ2v) is 17.3. The smallest absolute Gasteiger partial charge is 0.326 e. The van der Waals surface area contributed by atoms with E-state index in [9.17, 15) is 83.4 Å². The number of likely N-dealkylation sites (tertiary alicyclic amines) is 1. The van der Waals surface area contributed by atoms with Crippen LogP contribution in [0.4, 0.5) is 0 Å². The molecule has 1 heterocycles. The molecule has 9 amide bonds. The molecule has 27 heteroatoms.